The molecular formula is C14H20ClFN2O. The summed E-state index contributed by atoms with van der Waals surface area (Å²) in [6.45, 7) is 2.71. The van der Waals surface area contributed by atoms with E-state index in [-0.39, 0.29) is 30.6 Å². The van der Waals surface area contributed by atoms with E-state index in [1.807, 2.05) is 0 Å². The molecular weight excluding hydrogens is 267 g/mol. The zero-order chi connectivity index (χ0) is 12.8. The molecule has 19 heavy (non-hydrogen) atoms. The molecule has 1 heterocycles. The summed E-state index contributed by atoms with van der Waals surface area (Å²) in [5.41, 5.74) is 0.455. The van der Waals surface area contributed by atoms with E-state index >= 15 is 0 Å². The van der Waals surface area contributed by atoms with Crippen LogP contribution in [0.2, 0.25) is 0 Å². The summed E-state index contributed by atoms with van der Waals surface area (Å²) in [5, 5.41) is 6.19. The van der Waals surface area contributed by atoms with Crippen LogP contribution in [-0.4, -0.2) is 25.5 Å². The van der Waals surface area contributed by atoms with Gasteiger partial charge in [-0.2, -0.15) is 0 Å². The molecule has 1 amide bonds. The first-order chi connectivity index (χ1) is 8.75. The number of benzene rings is 1. The first-order valence-electron chi connectivity index (χ1n) is 6.46. The molecule has 3 nitrogen and oxygen atoms in total. The molecule has 1 aliphatic rings. The molecule has 0 aliphatic carbocycles. The van der Waals surface area contributed by atoms with Crippen LogP contribution in [0.1, 0.15) is 18.4 Å². The van der Waals surface area contributed by atoms with E-state index in [2.05, 4.69) is 10.6 Å². The molecule has 2 rings (SSSR count). The van der Waals surface area contributed by atoms with Gasteiger partial charge in [0.2, 0.25) is 5.91 Å². The molecule has 0 bridgehead atoms. The third-order valence-corrected chi connectivity index (χ3v) is 3.30. The molecule has 1 aliphatic heterocycles. The Morgan fingerprint density at radius 3 is 2.89 bits per heavy atom. The van der Waals surface area contributed by atoms with Gasteiger partial charge in [-0.3, -0.25) is 4.79 Å². The molecule has 5 heteroatoms. The van der Waals surface area contributed by atoms with Crippen molar-refractivity contribution in [3.05, 3.63) is 35.6 Å². The lowest BCUT2D eigenvalue weighted by Gasteiger charge is -2.22. The minimum Gasteiger partial charge on any atom is -0.355 e. The number of amides is 1. The Bertz CT molecular complexity index is 408. The van der Waals surface area contributed by atoms with Gasteiger partial charge < -0.3 is 10.6 Å². The number of hydrogen-bond acceptors (Lipinski definition) is 2. The van der Waals surface area contributed by atoms with E-state index in [1.165, 1.54) is 6.07 Å². The van der Waals surface area contributed by atoms with Crippen molar-refractivity contribution in [2.24, 2.45) is 5.92 Å². The van der Waals surface area contributed by atoms with E-state index in [9.17, 15) is 9.18 Å². The van der Waals surface area contributed by atoms with Gasteiger partial charge in [0, 0.05) is 6.54 Å². The van der Waals surface area contributed by atoms with Gasteiger partial charge in [-0.15, -0.1) is 12.4 Å². The molecule has 1 atom stereocenters. The van der Waals surface area contributed by atoms with Crippen molar-refractivity contribution in [3.63, 3.8) is 0 Å². The Labute approximate surface area is 119 Å². The van der Waals surface area contributed by atoms with Crippen LogP contribution >= 0.6 is 12.4 Å². The Kier molecular flexibility index (Phi) is 6.81. The number of carbonyl (C=O) groups is 1. The highest BCUT2D eigenvalue weighted by molar-refractivity contribution is 5.85. The first-order valence-corrected chi connectivity index (χ1v) is 6.46. The predicted molar refractivity (Wildman–Crippen MR) is 76.0 cm³/mol. The average Bonchev–Trinajstić information content (AvgIpc) is 2.40. The Morgan fingerprint density at radius 1 is 1.42 bits per heavy atom. The van der Waals surface area contributed by atoms with Gasteiger partial charge in [-0.25, -0.2) is 4.39 Å². The second kappa shape index (κ2) is 8.12. The Balaban J connectivity index is 0.00000180. The summed E-state index contributed by atoms with van der Waals surface area (Å²) in [7, 11) is 0. The van der Waals surface area contributed by atoms with Crippen molar-refractivity contribution >= 4 is 18.3 Å². The zero-order valence-corrected chi connectivity index (χ0v) is 11.6. The van der Waals surface area contributed by atoms with Crippen molar-refractivity contribution in [3.8, 4) is 0 Å². The van der Waals surface area contributed by atoms with Gasteiger partial charge in [-0.1, -0.05) is 18.2 Å². The fourth-order valence-corrected chi connectivity index (χ4v) is 2.23. The lowest BCUT2D eigenvalue weighted by atomic mass is 9.99. The molecule has 0 aromatic heterocycles. The molecule has 1 aromatic rings. The summed E-state index contributed by atoms with van der Waals surface area (Å²) >= 11 is 0. The minimum absolute atomic E-state index is 0. The smallest absolute Gasteiger partial charge is 0.224 e. The van der Waals surface area contributed by atoms with E-state index < -0.39 is 0 Å². The average molecular weight is 287 g/mol. The van der Waals surface area contributed by atoms with Gasteiger partial charge in [0.15, 0.2) is 0 Å². The number of hydrogen-bond donors (Lipinski definition) is 2. The molecule has 1 aromatic carbocycles. The number of nitrogens with one attached hydrogen (secondary N) is 2. The van der Waals surface area contributed by atoms with Crippen LogP contribution in [0.5, 0.6) is 0 Å². The SMILES string of the molecule is Cl.O=C(Cc1ccccc1F)NCC1CCCNC1. The van der Waals surface area contributed by atoms with Crippen LogP contribution in [0.3, 0.4) is 0 Å². The summed E-state index contributed by atoms with van der Waals surface area (Å²) < 4.78 is 13.4. The molecule has 0 radical (unpaired) electrons. The third-order valence-electron chi connectivity index (χ3n) is 3.30. The summed E-state index contributed by atoms with van der Waals surface area (Å²) in [5.74, 6) is 0.0842. The molecule has 106 valence electrons. The lowest BCUT2D eigenvalue weighted by Crippen LogP contribution is -2.38. The summed E-state index contributed by atoms with van der Waals surface area (Å²) in [4.78, 5) is 11.7. The van der Waals surface area contributed by atoms with Crippen molar-refractivity contribution in [2.75, 3.05) is 19.6 Å². The van der Waals surface area contributed by atoms with Gasteiger partial charge in [0.25, 0.3) is 0 Å². The van der Waals surface area contributed by atoms with Gasteiger partial charge in [-0.05, 0) is 43.5 Å². The maximum atomic E-state index is 13.4. The monoisotopic (exact) mass is 286 g/mol. The third kappa shape index (κ3) is 5.17. The summed E-state index contributed by atoms with van der Waals surface area (Å²) in [6.07, 6.45) is 2.42. The molecule has 1 saturated heterocycles. The van der Waals surface area contributed by atoms with E-state index in [0.717, 1.165) is 25.9 Å². The number of piperidine rings is 1. The number of rotatable bonds is 4. The zero-order valence-electron chi connectivity index (χ0n) is 10.8. The van der Waals surface area contributed by atoms with Crippen molar-refractivity contribution < 1.29 is 9.18 Å². The van der Waals surface area contributed by atoms with Gasteiger partial charge >= 0.3 is 0 Å². The van der Waals surface area contributed by atoms with Crippen LogP contribution in [0.15, 0.2) is 24.3 Å². The number of halogens is 2. The van der Waals surface area contributed by atoms with E-state index in [4.69, 9.17) is 0 Å². The standard InChI is InChI=1S/C14H19FN2O.ClH/c15-13-6-2-1-5-12(13)8-14(18)17-10-11-4-3-7-16-9-11;/h1-2,5-6,11,16H,3-4,7-10H2,(H,17,18);1H. The lowest BCUT2D eigenvalue weighted by molar-refractivity contribution is -0.120. The largest absolute Gasteiger partial charge is 0.355 e. The molecule has 1 fully saturated rings. The maximum Gasteiger partial charge on any atom is 0.224 e. The van der Waals surface area contributed by atoms with E-state index in [0.29, 0.717) is 18.0 Å². The predicted octanol–water partition coefficient (Wildman–Crippen LogP) is 1.91. The van der Waals surface area contributed by atoms with Crippen LogP contribution in [0.4, 0.5) is 4.39 Å². The van der Waals surface area contributed by atoms with Crippen molar-refractivity contribution in [1.82, 2.24) is 10.6 Å². The van der Waals surface area contributed by atoms with E-state index in [1.54, 1.807) is 18.2 Å². The van der Waals surface area contributed by atoms with Gasteiger partial charge in [0.05, 0.1) is 6.42 Å². The second-order valence-electron chi connectivity index (χ2n) is 4.78. The quantitative estimate of drug-likeness (QED) is 0.888. The molecule has 0 saturated carbocycles. The summed E-state index contributed by atoms with van der Waals surface area (Å²) in [6, 6.07) is 6.41. The highest BCUT2D eigenvalue weighted by atomic mass is 35.5. The maximum absolute atomic E-state index is 13.4. The van der Waals surface area contributed by atoms with Crippen LogP contribution in [0, 0.1) is 11.7 Å². The molecule has 0 spiro atoms. The number of carbonyl (C=O) groups excluding carboxylic acids is 1. The van der Waals surface area contributed by atoms with Crippen molar-refractivity contribution in [1.29, 1.82) is 0 Å². The van der Waals surface area contributed by atoms with Crippen LogP contribution in [0.25, 0.3) is 0 Å². The van der Waals surface area contributed by atoms with Crippen LogP contribution < -0.4 is 10.6 Å². The minimum atomic E-state index is -0.313. The Hall–Kier alpha value is -1.13. The normalized spacial score (nSPS) is 18.5. The molecule has 2 N–H and O–H groups in total. The first kappa shape index (κ1) is 15.9. The van der Waals surface area contributed by atoms with Crippen molar-refractivity contribution in [2.45, 2.75) is 19.3 Å². The topological polar surface area (TPSA) is 41.1 Å². The fraction of sp³-hybridized carbons (Fsp3) is 0.500. The second-order valence-corrected chi connectivity index (χ2v) is 4.78. The molecule has 1 unspecified atom stereocenters. The Morgan fingerprint density at radius 2 is 2.21 bits per heavy atom. The highest BCUT2D eigenvalue weighted by Gasteiger charge is 2.14. The van der Waals surface area contributed by atoms with Crippen LogP contribution in [-0.2, 0) is 11.2 Å². The fourth-order valence-electron chi connectivity index (χ4n) is 2.23. The van der Waals surface area contributed by atoms with Gasteiger partial charge in [0.1, 0.15) is 5.82 Å². The highest BCUT2D eigenvalue weighted by Crippen LogP contribution is 2.09.